The first kappa shape index (κ1) is 36.9. The van der Waals surface area contributed by atoms with Gasteiger partial charge in [0.1, 0.15) is 6.54 Å². The fourth-order valence-electron chi connectivity index (χ4n) is 5.32. The van der Waals surface area contributed by atoms with Crippen LogP contribution in [0.25, 0.3) is 0 Å². The van der Waals surface area contributed by atoms with E-state index in [9.17, 15) is 9.59 Å². The van der Waals surface area contributed by atoms with Crippen LogP contribution in [0, 0.1) is 5.92 Å². The van der Waals surface area contributed by atoms with Crippen LogP contribution in [0.5, 0.6) is 0 Å². The van der Waals surface area contributed by atoms with Gasteiger partial charge in [-0.05, 0) is 12.3 Å². The van der Waals surface area contributed by atoms with Crippen molar-refractivity contribution in [3.63, 3.8) is 0 Å². The molecule has 38 heavy (non-hydrogen) atoms. The minimum absolute atomic E-state index is 0.127. The number of likely N-dealkylation sites (N-methyl/N-ethyl adjacent to an activating group) is 1. The van der Waals surface area contributed by atoms with Crippen molar-refractivity contribution >= 4 is 11.9 Å². The van der Waals surface area contributed by atoms with Gasteiger partial charge in [-0.15, -0.1) is 0 Å². The van der Waals surface area contributed by atoms with Crippen LogP contribution < -0.4 is 0 Å². The Bertz CT molecular complexity index is 558. The lowest BCUT2D eigenvalue weighted by atomic mass is 9.96. The summed E-state index contributed by atoms with van der Waals surface area (Å²) < 4.78 is 6.05. The maximum atomic E-state index is 12.2. The average Bonchev–Trinajstić information content (AvgIpc) is 2.82. The number of rotatable bonds is 28. The number of esters is 1. The fraction of sp³-hybridized carbons (Fsp3) is 0.939. The number of carbonyl (C=O) groups excluding carboxylic acids is 1. The van der Waals surface area contributed by atoms with Crippen molar-refractivity contribution in [2.45, 2.75) is 168 Å². The Morgan fingerprint density at radius 2 is 1.05 bits per heavy atom. The van der Waals surface area contributed by atoms with Crippen LogP contribution in [0.3, 0.4) is 0 Å². The van der Waals surface area contributed by atoms with Crippen molar-refractivity contribution < 1.29 is 23.9 Å². The largest absolute Gasteiger partial charge is 0.481 e. The van der Waals surface area contributed by atoms with Crippen molar-refractivity contribution in [2.75, 3.05) is 27.7 Å². The zero-order chi connectivity index (χ0) is 28.5. The molecule has 0 saturated heterocycles. The zero-order valence-corrected chi connectivity index (χ0v) is 26.2. The number of carboxylic acid groups (broad SMARTS) is 1. The minimum atomic E-state index is -0.922. The predicted molar refractivity (Wildman–Crippen MR) is 161 cm³/mol. The number of ether oxygens (including phenoxy) is 1. The molecule has 0 amide bonds. The number of unbranched alkanes of at least 4 members (excludes halogenated alkanes) is 17. The van der Waals surface area contributed by atoms with E-state index in [-0.39, 0.29) is 12.4 Å². The molecule has 0 fully saturated rings. The van der Waals surface area contributed by atoms with Crippen LogP contribution in [-0.4, -0.2) is 55.3 Å². The minimum Gasteiger partial charge on any atom is -0.481 e. The van der Waals surface area contributed by atoms with Gasteiger partial charge in [-0.2, -0.15) is 0 Å². The molecule has 2 atom stereocenters. The topological polar surface area (TPSA) is 63.6 Å². The number of nitrogens with zero attached hydrogens (tertiary/aromatic N) is 1. The third-order valence-electron chi connectivity index (χ3n) is 7.58. The summed E-state index contributed by atoms with van der Waals surface area (Å²) in [5.41, 5.74) is 0. The lowest BCUT2D eigenvalue weighted by molar-refractivity contribution is -0.873. The van der Waals surface area contributed by atoms with E-state index in [1.54, 1.807) is 0 Å². The second-order valence-corrected chi connectivity index (χ2v) is 13.0. The number of aliphatic carboxylic acids is 1. The summed E-state index contributed by atoms with van der Waals surface area (Å²) in [7, 11) is 5.93. The van der Waals surface area contributed by atoms with Gasteiger partial charge in [0.2, 0.25) is 0 Å². The Kier molecular flexibility index (Phi) is 24.2. The fourth-order valence-corrected chi connectivity index (χ4v) is 5.32. The number of carbonyl (C=O) groups is 2. The van der Waals surface area contributed by atoms with Gasteiger partial charge in [0.25, 0.3) is 0 Å². The van der Waals surface area contributed by atoms with Crippen molar-refractivity contribution in [3.8, 4) is 0 Å². The van der Waals surface area contributed by atoms with Gasteiger partial charge in [-0.1, -0.05) is 142 Å². The molecule has 0 spiro atoms. The van der Waals surface area contributed by atoms with E-state index in [1.807, 2.05) is 21.1 Å². The number of quaternary nitrogens is 1. The number of hydrogen-bond acceptors (Lipinski definition) is 3. The summed E-state index contributed by atoms with van der Waals surface area (Å²) in [6.07, 6.45) is 28.0. The first-order valence-corrected chi connectivity index (χ1v) is 16.4. The first-order valence-electron chi connectivity index (χ1n) is 16.4. The second-order valence-electron chi connectivity index (χ2n) is 13.0. The van der Waals surface area contributed by atoms with E-state index in [4.69, 9.17) is 9.84 Å². The highest BCUT2D eigenvalue weighted by Gasteiger charge is 2.24. The Balaban J connectivity index is 3.53. The van der Waals surface area contributed by atoms with E-state index in [0.29, 0.717) is 23.4 Å². The molecular weight excluding hydrogens is 474 g/mol. The maximum Gasteiger partial charge on any atom is 0.307 e. The summed E-state index contributed by atoms with van der Waals surface area (Å²) in [6.45, 7) is 5.12. The molecule has 0 saturated carbocycles. The predicted octanol–water partition coefficient (Wildman–Crippen LogP) is 9.32. The second kappa shape index (κ2) is 24.9. The first-order chi connectivity index (χ1) is 18.1. The summed E-state index contributed by atoms with van der Waals surface area (Å²) in [4.78, 5) is 23.3. The van der Waals surface area contributed by atoms with E-state index in [2.05, 4.69) is 13.8 Å². The lowest BCUT2D eigenvalue weighted by Crippen LogP contribution is -2.43. The van der Waals surface area contributed by atoms with Gasteiger partial charge in [-0.3, -0.25) is 9.59 Å². The smallest absolute Gasteiger partial charge is 0.307 e. The van der Waals surface area contributed by atoms with Gasteiger partial charge in [0.15, 0.2) is 6.10 Å². The zero-order valence-electron chi connectivity index (χ0n) is 26.2. The summed E-state index contributed by atoms with van der Waals surface area (Å²) in [5, 5.41) is 9.09. The molecule has 0 aliphatic rings. The van der Waals surface area contributed by atoms with Crippen LogP contribution in [0.15, 0.2) is 0 Å². The molecule has 1 N–H and O–H groups in total. The molecule has 0 bridgehead atoms. The van der Waals surface area contributed by atoms with Crippen molar-refractivity contribution in [3.05, 3.63) is 0 Å². The van der Waals surface area contributed by atoms with E-state index >= 15 is 0 Å². The normalized spacial score (nSPS) is 13.4. The van der Waals surface area contributed by atoms with Gasteiger partial charge in [0, 0.05) is 6.42 Å². The Labute approximate surface area is 237 Å². The molecule has 5 nitrogen and oxygen atoms in total. The van der Waals surface area contributed by atoms with Gasteiger partial charge in [0.05, 0.1) is 27.6 Å². The number of hydrogen-bond donors (Lipinski definition) is 1. The highest BCUT2D eigenvalue weighted by Crippen LogP contribution is 2.19. The van der Waals surface area contributed by atoms with Crippen LogP contribution in [0.1, 0.15) is 162 Å². The molecule has 0 aromatic rings. The summed E-state index contributed by atoms with van der Waals surface area (Å²) >= 11 is 0. The molecule has 0 aliphatic carbocycles. The maximum absolute atomic E-state index is 12.2. The van der Waals surface area contributed by atoms with Gasteiger partial charge < -0.3 is 14.3 Å². The van der Waals surface area contributed by atoms with Crippen LogP contribution >= 0.6 is 0 Å². The van der Waals surface area contributed by atoms with Crippen LogP contribution in [0.4, 0.5) is 0 Å². The third-order valence-corrected chi connectivity index (χ3v) is 7.58. The van der Waals surface area contributed by atoms with Gasteiger partial charge in [-0.25, -0.2) is 0 Å². The highest BCUT2D eigenvalue weighted by molar-refractivity contribution is 5.71. The van der Waals surface area contributed by atoms with E-state index < -0.39 is 12.1 Å². The molecule has 0 aromatic carbocycles. The highest BCUT2D eigenvalue weighted by atomic mass is 16.5. The summed E-state index contributed by atoms with van der Waals surface area (Å²) in [6, 6.07) is 0. The molecule has 2 unspecified atom stereocenters. The number of carboxylic acids is 1. The quantitative estimate of drug-likeness (QED) is 0.0610. The van der Waals surface area contributed by atoms with E-state index in [0.717, 1.165) is 19.3 Å². The average molecular weight is 541 g/mol. The van der Waals surface area contributed by atoms with Crippen LogP contribution in [0.2, 0.25) is 0 Å². The SMILES string of the molecule is CCCCCCCCCCCCCCCCCCCC(C)CCCCC(=O)OC(CC(=O)O)C[N+](C)(C)C. The van der Waals surface area contributed by atoms with Crippen LogP contribution in [-0.2, 0) is 14.3 Å². The third kappa shape index (κ3) is 27.9. The molecule has 5 heteroatoms. The molecule has 0 aliphatic heterocycles. The van der Waals surface area contributed by atoms with E-state index in [1.165, 1.54) is 116 Å². The van der Waals surface area contributed by atoms with Crippen molar-refractivity contribution in [2.24, 2.45) is 5.92 Å². The molecule has 226 valence electrons. The van der Waals surface area contributed by atoms with Crippen molar-refractivity contribution in [1.82, 2.24) is 0 Å². The molecule has 0 rings (SSSR count). The molecular formula is C33H66NO4+. The molecule has 0 heterocycles. The van der Waals surface area contributed by atoms with Crippen molar-refractivity contribution in [1.29, 1.82) is 0 Å². The molecule has 0 aromatic heterocycles. The lowest BCUT2D eigenvalue weighted by Gasteiger charge is -2.28. The Morgan fingerprint density at radius 1 is 0.658 bits per heavy atom. The Morgan fingerprint density at radius 3 is 1.45 bits per heavy atom. The molecule has 0 radical (unpaired) electrons. The summed E-state index contributed by atoms with van der Waals surface area (Å²) in [5.74, 6) is -0.472. The standard InChI is InChI=1S/C33H65NO4/c1-6-7-8-9-10-11-12-13-14-15-16-17-18-19-20-21-22-25-30(2)26-23-24-27-33(37)38-31(28-32(35)36)29-34(3,4)5/h30-31H,6-29H2,1-5H3/p+1. The monoisotopic (exact) mass is 540 g/mol. The Hall–Kier alpha value is -1.10. The van der Waals surface area contributed by atoms with Gasteiger partial charge >= 0.3 is 11.9 Å².